The van der Waals surface area contributed by atoms with Gasteiger partial charge in [0.2, 0.25) is 0 Å². The van der Waals surface area contributed by atoms with Crippen LogP contribution in [0, 0.1) is 0 Å². The van der Waals surface area contributed by atoms with E-state index in [1.807, 2.05) is 31.3 Å². The van der Waals surface area contributed by atoms with Crippen molar-refractivity contribution >= 4 is 15.9 Å². The minimum Gasteiger partial charge on any atom is -0.491 e. The van der Waals surface area contributed by atoms with Crippen LogP contribution in [0.2, 0.25) is 0 Å². The highest BCUT2D eigenvalue weighted by atomic mass is 79.9. The van der Waals surface area contributed by atoms with Crippen LogP contribution in [0.25, 0.3) is 0 Å². The standard InChI is InChI=1S/C9H12BrNO/c1-11-6-7-12-9-5-3-2-4-8(9)10/h2-5,11H,6-7H2,1H3. The smallest absolute Gasteiger partial charge is 0.133 e. The molecule has 0 radical (unpaired) electrons. The van der Waals surface area contributed by atoms with E-state index in [4.69, 9.17) is 4.74 Å². The molecule has 3 heteroatoms. The van der Waals surface area contributed by atoms with Gasteiger partial charge in [-0.2, -0.15) is 0 Å². The molecule has 0 unspecified atom stereocenters. The fourth-order valence-corrected chi connectivity index (χ4v) is 1.22. The number of hydrogen-bond donors (Lipinski definition) is 1. The SMILES string of the molecule is CNCCOc1ccccc1Br. The van der Waals surface area contributed by atoms with E-state index in [1.54, 1.807) is 0 Å². The molecule has 0 saturated carbocycles. The monoisotopic (exact) mass is 229 g/mol. The summed E-state index contributed by atoms with van der Waals surface area (Å²) in [5, 5.41) is 3.02. The van der Waals surface area contributed by atoms with Gasteiger partial charge in [-0.15, -0.1) is 0 Å². The lowest BCUT2D eigenvalue weighted by Crippen LogP contribution is -2.15. The molecule has 2 nitrogen and oxygen atoms in total. The molecule has 0 saturated heterocycles. The maximum atomic E-state index is 5.47. The molecule has 0 aliphatic carbocycles. The average molecular weight is 230 g/mol. The van der Waals surface area contributed by atoms with E-state index in [0.29, 0.717) is 6.61 Å². The molecule has 1 rings (SSSR count). The molecule has 0 aromatic heterocycles. The van der Waals surface area contributed by atoms with Gasteiger partial charge in [-0.1, -0.05) is 12.1 Å². The third-order valence-electron chi connectivity index (χ3n) is 1.45. The van der Waals surface area contributed by atoms with Crippen LogP contribution in [0.15, 0.2) is 28.7 Å². The van der Waals surface area contributed by atoms with Crippen molar-refractivity contribution in [3.05, 3.63) is 28.7 Å². The normalized spacial score (nSPS) is 9.83. The Morgan fingerprint density at radius 1 is 1.42 bits per heavy atom. The summed E-state index contributed by atoms with van der Waals surface area (Å²) in [5.41, 5.74) is 0. The number of nitrogens with one attached hydrogen (secondary N) is 1. The molecule has 12 heavy (non-hydrogen) atoms. The molecule has 66 valence electrons. The van der Waals surface area contributed by atoms with Gasteiger partial charge in [0, 0.05) is 6.54 Å². The fourth-order valence-electron chi connectivity index (χ4n) is 0.825. The Bertz CT molecular complexity index is 240. The van der Waals surface area contributed by atoms with Crippen molar-refractivity contribution < 1.29 is 4.74 Å². The maximum absolute atomic E-state index is 5.47. The summed E-state index contributed by atoms with van der Waals surface area (Å²) < 4.78 is 6.47. The van der Waals surface area contributed by atoms with Gasteiger partial charge in [-0.3, -0.25) is 0 Å². The Morgan fingerprint density at radius 2 is 2.17 bits per heavy atom. The minimum absolute atomic E-state index is 0.694. The quantitative estimate of drug-likeness (QED) is 0.799. The van der Waals surface area contributed by atoms with Gasteiger partial charge >= 0.3 is 0 Å². The molecule has 0 bridgehead atoms. The second kappa shape index (κ2) is 5.17. The lowest BCUT2D eigenvalue weighted by Gasteiger charge is -2.06. The molecule has 1 N–H and O–H groups in total. The molecular formula is C9H12BrNO. The van der Waals surface area contributed by atoms with Crippen LogP contribution >= 0.6 is 15.9 Å². The van der Waals surface area contributed by atoms with Crippen LogP contribution in [-0.4, -0.2) is 20.2 Å². The first-order valence-corrected chi connectivity index (χ1v) is 4.66. The number of ether oxygens (including phenoxy) is 1. The van der Waals surface area contributed by atoms with E-state index in [2.05, 4.69) is 21.2 Å². The fraction of sp³-hybridized carbons (Fsp3) is 0.333. The van der Waals surface area contributed by atoms with Gasteiger partial charge in [-0.05, 0) is 35.1 Å². The molecule has 0 aliphatic rings. The number of para-hydroxylation sites is 1. The lowest BCUT2D eigenvalue weighted by molar-refractivity contribution is 0.316. The Labute approximate surface area is 81.1 Å². The van der Waals surface area contributed by atoms with Crippen LogP contribution in [0.1, 0.15) is 0 Å². The number of benzene rings is 1. The Kier molecular flexibility index (Phi) is 4.11. The number of hydrogen-bond acceptors (Lipinski definition) is 2. The first-order valence-electron chi connectivity index (χ1n) is 3.86. The lowest BCUT2D eigenvalue weighted by atomic mass is 10.3. The predicted octanol–water partition coefficient (Wildman–Crippen LogP) is 2.05. The first kappa shape index (κ1) is 9.55. The van der Waals surface area contributed by atoms with E-state index in [9.17, 15) is 0 Å². The second-order valence-corrected chi connectivity index (χ2v) is 3.24. The van der Waals surface area contributed by atoms with Crippen LogP contribution < -0.4 is 10.1 Å². The Balaban J connectivity index is 2.46. The maximum Gasteiger partial charge on any atom is 0.133 e. The third kappa shape index (κ3) is 2.83. The number of likely N-dealkylation sites (N-methyl/N-ethyl adjacent to an activating group) is 1. The third-order valence-corrected chi connectivity index (χ3v) is 2.10. The zero-order valence-electron chi connectivity index (χ0n) is 7.01. The molecule has 0 amide bonds. The largest absolute Gasteiger partial charge is 0.491 e. The van der Waals surface area contributed by atoms with Gasteiger partial charge in [0.15, 0.2) is 0 Å². The average Bonchev–Trinajstić information content (AvgIpc) is 2.09. The van der Waals surface area contributed by atoms with Crippen LogP contribution in [-0.2, 0) is 0 Å². The zero-order valence-corrected chi connectivity index (χ0v) is 8.60. The van der Waals surface area contributed by atoms with Crippen molar-refractivity contribution in [1.29, 1.82) is 0 Å². The summed E-state index contributed by atoms with van der Waals surface area (Å²) in [6, 6.07) is 7.84. The van der Waals surface area contributed by atoms with Crippen molar-refractivity contribution in [3.8, 4) is 5.75 Å². The number of rotatable bonds is 4. The van der Waals surface area contributed by atoms with Crippen molar-refractivity contribution in [1.82, 2.24) is 5.32 Å². The van der Waals surface area contributed by atoms with E-state index in [-0.39, 0.29) is 0 Å². The van der Waals surface area contributed by atoms with Gasteiger partial charge in [0.25, 0.3) is 0 Å². The summed E-state index contributed by atoms with van der Waals surface area (Å²) in [6.45, 7) is 1.56. The van der Waals surface area contributed by atoms with Crippen molar-refractivity contribution in [2.75, 3.05) is 20.2 Å². The van der Waals surface area contributed by atoms with E-state index < -0.39 is 0 Å². The summed E-state index contributed by atoms with van der Waals surface area (Å²) in [6.07, 6.45) is 0. The molecule has 0 atom stereocenters. The summed E-state index contributed by atoms with van der Waals surface area (Å²) in [4.78, 5) is 0. The molecule has 1 aromatic rings. The molecule has 0 aliphatic heterocycles. The zero-order chi connectivity index (χ0) is 8.81. The predicted molar refractivity (Wildman–Crippen MR) is 53.6 cm³/mol. The summed E-state index contributed by atoms with van der Waals surface area (Å²) in [7, 11) is 1.91. The minimum atomic E-state index is 0.694. The van der Waals surface area contributed by atoms with Crippen molar-refractivity contribution in [2.24, 2.45) is 0 Å². The van der Waals surface area contributed by atoms with Crippen LogP contribution in [0.4, 0.5) is 0 Å². The molecule has 0 heterocycles. The van der Waals surface area contributed by atoms with E-state index >= 15 is 0 Å². The second-order valence-electron chi connectivity index (χ2n) is 2.38. The Morgan fingerprint density at radius 3 is 2.83 bits per heavy atom. The highest BCUT2D eigenvalue weighted by Gasteiger charge is 1.96. The van der Waals surface area contributed by atoms with Gasteiger partial charge in [0.05, 0.1) is 4.47 Å². The summed E-state index contributed by atoms with van der Waals surface area (Å²) >= 11 is 3.40. The summed E-state index contributed by atoms with van der Waals surface area (Å²) in [5.74, 6) is 0.896. The topological polar surface area (TPSA) is 21.3 Å². The van der Waals surface area contributed by atoms with Crippen LogP contribution in [0.3, 0.4) is 0 Å². The van der Waals surface area contributed by atoms with Gasteiger partial charge in [0.1, 0.15) is 12.4 Å². The highest BCUT2D eigenvalue weighted by molar-refractivity contribution is 9.10. The van der Waals surface area contributed by atoms with E-state index in [0.717, 1.165) is 16.8 Å². The molecule has 0 fully saturated rings. The number of halogens is 1. The Hall–Kier alpha value is -0.540. The van der Waals surface area contributed by atoms with Gasteiger partial charge in [-0.25, -0.2) is 0 Å². The van der Waals surface area contributed by atoms with Gasteiger partial charge < -0.3 is 10.1 Å². The molecule has 0 spiro atoms. The van der Waals surface area contributed by atoms with Crippen molar-refractivity contribution in [3.63, 3.8) is 0 Å². The van der Waals surface area contributed by atoms with Crippen LogP contribution in [0.5, 0.6) is 5.75 Å². The van der Waals surface area contributed by atoms with Crippen molar-refractivity contribution in [2.45, 2.75) is 0 Å². The molecular weight excluding hydrogens is 218 g/mol. The highest BCUT2D eigenvalue weighted by Crippen LogP contribution is 2.23. The molecule has 1 aromatic carbocycles. The first-order chi connectivity index (χ1) is 5.84. The van der Waals surface area contributed by atoms with E-state index in [1.165, 1.54) is 0 Å².